The zero-order valence-electron chi connectivity index (χ0n) is 4.18. The first-order valence-corrected chi connectivity index (χ1v) is 2.23. The van der Waals surface area contributed by atoms with Gasteiger partial charge in [0.25, 0.3) is 0 Å². The largest absolute Gasteiger partial charge is 0.431 e. The molecule has 0 aromatic rings. The first-order valence-electron chi connectivity index (χ1n) is 2.23. The van der Waals surface area contributed by atoms with E-state index in [4.69, 9.17) is 6.42 Å². The highest BCUT2D eigenvalue weighted by Crippen LogP contribution is 1.95. The monoisotopic (exact) mass is 111 g/mol. The molecule has 0 aromatic carbocycles. The van der Waals surface area contributed by atoms with Crippen LogP contribution in [0.5, 0.6) is 0 Å². The molecule has 0 spiro atoms. The van der Waals surface area contributed by atoms with Crippen LogP contribution in [0.4, 0.5) is 4.79 Å². The lowest BCUT2D eigenvalue weighted by molar-refractivity contribution is 0.161. The predicted octanol–water partition coefficient (Wildman–Crippen LogP) is -0.272. The second-order valence-corrected chi connectivity index (χ2v) is 1.44. The van der Waals surface area contributed by atoms with Crippen molar-refractivity contribution >= 4 is 6.09 Å². The Bertz CT molecular complexity index is 147. The van der Waals surface area contributed by atoms with Crippen molar-refractivity contribution < 1.29 is 9.53 Å². The lowest BCUT2D eigenvalue weighted by atomic mass is 10.4. The summed E-state index contributed by atoms with van der Waals surface area (Å²) in [4.78, 5) is 10.2. The molecule has 1 amide bonds. The fourth-order valence-electron chi connectivity index (χ4n) is 0.482. The molecule has 3 nitrogen and oxygen atoms in total. The molecule has 42 valence electrons. The molecule has 0 unspecified atom stereocenters. The maximum Gasteiger partial charge on any atom is 0.408 e. The summed E-state index contributed by atoms with van der Waals surface area (Å²) in [6.45, 7) is 0.440. The van der Waals surface area contributed by atoms with E-state index in [2.05, 4.69) is 16.0 Å². The Hall–Kier alpha value is -1.17. The van der Waals surface area contributed by atoms with Gasteiger partial charge in [-0.15, -0.1) is 6.42 Å². The van der Waals surface area contributed by atoms with E-state index in [0.29, 0.717) is 6.54 Å². The number of terminal acetylenes is 1. The highest BCUT2D eigenvalue weighted by molar-refractivity contribution is 5.69. The Morgan fingerprint density at radius 1 is 2.00 bits per heavy atom. The van der Waals surface area contributed by atoms with Gasteiger partial charge < -0.3 is 10.1 Å². The van der Waals surface area contributed by atoms with E-state index in [-0.39, 0.29) is 6.10 Å². The minimum atomic E-state index is -0.423. The van der Waals surface area contributed by atoms with Crippen LogP contribution in [0.2, 0.25) is 0 Å². The van der Waals surface area contributed by atoms with Crippen LogP contribution in [0.1, 0.15) is 0 Å². The fraction of sp³-hybridized carbons (Fsp3) is 0.400. The summed E-state index contributed by atoms with van der Waals surface area (Å²) >= 11 is 0. The van der Waals surface area contributed by atoms with Gasteiger partial charge in [-0.2, -0.15) is 0 Å². The van der Waals surface area contributed by atoms with E-state index in [9.17, 15) is 4.79 Å². The van der Waals surface area contributed by atoms with Crippen molar-refractivity contribution in [3.05, 3.63) is 0 Å². The first-order chi connectivity index (χ1) is 3.83. The molecule has 0 bridgehead atoms. The van der Waals surface area contributed by atoms with Gasteiger partial charge in [-0.05, 0) is 0 Å². The lowest BCUT2D eigenvalue weighted by Gasteiger charge is -1.92. The number of carbonyl (C=O) groups is 1. The Kier molecular flexibility index (Phi) is 1.09. The SMILES string of the molecule is C#C[C@H]1CNC(=O)O1. The third-order valence-corrected chi connectivity index (χ3v) is 0.867. The maximum absolute atomic E-state index is 10.2. The molecule has 0 aliphatic carbocycles. The van der Waals surface area contributed by atoms with Crippen molar-refractivity contribution in [1.29, 1.82) is 0 Å². The average Bonchev–Trinajstić information content (AvgIpc) is 2.14. The maximum atomic E-state index is 10.2. The van der Waals surface area contributed by atoms with Crippen molar-refractivity contribution in [3.63, 3.8) is 0 Å². The van der Waals surface area contributed by atoms with E-state index >= 15 is 0 Å². The highest BCUT2D eigenvalue weighted by Gasteiger charge is 2.18. The molecule has 0 aromatic heterocycles. The average molecular weight is 111 g/mol. The number of carbonyl (C=O) groups excluding carboxylic acids is 1. The van der Waals surface area contributed by atoms with Gasteiger partial charge in [0, 0.05) is 0 Å². The van der Waals surface area contributed by atoms with Crippen molar-refractivity contribution in [3.8, 4) is 12.3 Å². The summed E-state index contributed by atoms with van der Waals surface area (Å²) in [5.74, 6) is 2.29. The number of nitrogens with one attached hydrogen (secondary N) is 1. The highest BCUT2D eigenvalue weighted by atomic mass is 16.6. The van der Waals surface area contributed by atoms with E-state index in [1.807, 2.05) is 0 Å². The van der Waals surface area contributed by atoms with Crippen molar-refractivity contribution in [2.24, 2.45) is 0 Å². The molecule has 8 heavy (non-hydrogen) atoms. The van der Waals surface area contributed by atoms with Crippen LogP contribution in [0.25, 0.3) is 0 Å². The van der Waals surface area contributed by atoms with Gasteiger partial charge in [0.05, 0.1) is 6.54 Å². The zero-order valence-corrected chi connectivity index (χ0v) is 4.18. The number of alkyl carbamates (subject to hydrolysis) is 1. The van der Waals surface area contributed by atoms with Crippen molar-refractivity contribution in [2.45, 2.75) is 6.10 Å². The molecule has 1 atom stereocenters. The van der Waals surface area contributed by atoms with E-state index < -0.39 is 6.09 Å². The summed E-state index contributed by atoms with van der Waals surface area (Å²) < 4.78 is 4.52. The summed E-state index contributed by atoms with van der Waals surface area (Å²) in [6, 6.07) is 0. The van der Waals surface area contributed by atoms with Crippen LogP contribution >= 0.6 is 0 Å². The van der Waals surface area contributed by atoms with Crippen LogP contribution in [0, 0.1) is 12.3 Å². The van der Waals surface area contributed by atoms with Crippen molar-refractivity contribution in [2.75, 3.05) is 6.54 Å². The molecule has 1 aliphatic heterocycles. The molecule has 0 saturated carbocycles. The molecular weight excluding hydrogens is 106 g/mol. The molecule has 1 fully saturated rings. The molecular formula is C5H5NO2. The van der Waals surface area contributed by atoms with Gasteiger partial charge in [0.15, 0.2) is 6.10 Å². The minimum Gasteiger partial charge on any atom is -0.431 e. The van der Waals surface area contributed by atoms with Gasteiger partial charge >= 0.3 is 6.09 Å². The predicted molar refractivity (Wildman–Crippen MR) is 27.1 cm³/mol. The molecule has 1 aliphatic rings. The summed E-state index contributed by atoms with van der Waals surface area (Å²) in [5.41, 5.74) is 0. The topological polar surface area (TPSA) is 38.3 Å². The number of hydrogen-bond donors (Lipinski definition) is 1. The summed E-state index contributed by atoms with van der Waals surface area (Å²) in [7, 11) is 0. The van der Waals surface area contributed by atoms with Gasteiger partial charge in [0.2, 0.25) is 0 Å². The van der Waals surface area contributed by atoms with Crippen LogP contribution in [-0.2, 0) is 4.74 Å². The molecule has 1 rings (SSSR count). The molecule has 1 N–H and O–H groups in total. The van der Waals surface area contributed by atoms with Crippen molar-refractivity contribution in [1.82, 2.24) is 5.32 Å². The van der Waals surface area contributed by atoms with Crippen LogP contribution in [0.15, 0.2) is 0 Å². The Morgan fingerprint density at radius 3 is 3.00 bits per heavy atom. The Labute approximate surface area is 47.0 Å². The number of cyclic esters (lactones) is 1. The lowest BCUT2D eigenvalue weighted by Crippen LogP contribution is -2.13. The van der Waals surface area contributed by atoms with Crippen LogP contribution < -0.4 is 5.32 Å². The summed E-state index contributed by atoms with van der Waals surface area (Å²) in [6.07, 6.45) is 4.15. The third kappa shape index (κ3) is 0.733. The van der Waals surface area contributed by atoms with E-state index in [1.54, 1.807) is 0 Å². The number of hydrogen-bond acceptors (Lipinski definition) is 2. The molecule has 3 heteroatoms. The van der Waals surface area contributed by atoms with Crippen LogP contribution in [-0.4, -0.2) is 18.7 Å². The van der Waals surface area contributed by atoms with E-state index in [0.717, 1.165) is 0 Å². The van der Waals surface area contributed by atoms with Gasteiger partial charge in [-0.25, -0.2) is 4.79 Å². The quantitative estimate of drug-likeness (QED) is 0.437. The molecule has 1 saturated heterocycles. The Balaban J connectivity index is 2.47. The smallest absolute Gasteiger partial charge is 0.408 e. The van der Waals surface area contributed by atoms with Gasteiger partial charge in [-0.3, -0.25) is 0 Å². The number of ether oxygens (including phenoxy) is 1. The fourth-order valence-corrected chi connectivity index (χ4v) is 0.482. The second-order valence-electron chi connectivity index (χ2n) is 1.44. The zero-order chi connectivity index (χ0) is 5.98. The van der Waals surface area contributed by atoms with Gasteiger partial charge in [0.1, 0.15) is 0 Å². The Morgan fingerprint density at radius 2 is 2.75 bits per heavy atom. The summed E-state index contributed by atoms with van der Waals surface area (Å²) in [5, 5.41) is 2.42. The minimum absolute atomic E-state index is 0.359. The van der Waals surface area contributed by atoms with E-state index in [1.165, 1.54) is 0 Å². The normalized spacial score (nSPS) is 25.9. The standard InChI is InChI=1S/C5H5NO2/c1-2-4-3-6-5(7)8-4/h1,4H,3H2,(H,6,7)/t4-/m0/s1. The molecule has 1 heterocycles. The number of amides is 1. The third-order valence-electron chi connectivity index (χ3n) is 0.867. The van der Waals surface area contributed by atoms with Crippen LogP contribution in [0.3, 0.4) is 0 Å². The number of rotatable bonds is 0. The van der Waals surface area contributed by atoms with Gasteiger partial charge in [-0.1, -0.05) is 5.92 Å². The second kappa shape index (κ2) is 1.74. The first kappa shape index (κ1) is 4.98. The molecule has 0 radical (unpaired) electrons.